The van der Waals surface area contributed by atoms with Crippen LogP contribution in [0, 0.1) is 6.92 Å². The number of nitrogens with zero attached hydrogens (tertiary/aromatic N) is 2. The first kappa shape index (κ1) is 13.8. The molecule has 0 atom stereocenters. The lowest BCUT2D eigenvalue weighted by Gasteiger charge is -2.09. The Labute approximate surface area is 121 Å². The Morgan fingerprint density at radius 3 is 3.00 bits per heavy atom. The van der Waals surface area contributed by atoms with Crippen LogP contribution in [0.3, 0.4) is 0 Å². The number of nitrogens with one attached hydrogen (secondary N) is 1. The molecule has 1 N–H and O–H groups in total. The Morgan fingerprint density at radius 2 is 2.32 bits per heavy atom. The van der Waals surface area contributed by atoms with Crippen LogP contribution in [-0.2, 0) is 6.54 Å². The monoisotopic (exact) mass is 321 g/mol. The molecule has 0 saturated carbocycles. The molecule has 2 aromatic heterocycles. The largest absolute Gasteiger partial charge is 0.342 e. The van der Waals surface area contributed by atoms with E-state index in [2.05, 4.69) is 33.2 Å². The maximum absolute atomic E-state index is 12.3. The number of anilines is 1. The predicted molar refractivity (Wildman–Crippen MR) is 79.4 cm³/mol. The smallest absolute Gasteiger partial charge is 0.273 e. The molecular weight excluding hydrogens is 306 g/mol. The summed E-state index contributed by atoms with van der Waals surface area (Å²) >= 11 is 3.40. The van der Waals surface area contributed by atoms with Crippen LogP contribution in [0.15, 0.2) is 35.1 Å². The third kappa shape index (κ3) is 3.23. The van der Waals surface area contributed by atoms with Crippen molar-refractivity contribution in [1.82, 2.24) is 9.55 Å². The lowest BCUT2D eigenvalue weighted by Crippen LogP contribution is -2.18. The van der Waals surface area contributed by atoms with Crippen molar-refractivity contribution in [2.75, 3.05) is 5.32 Å². The molecule has 0 aliphatic heterocycles. The fraction of sp³-hybridized carbons (Fsp3) is 0.286. The van der Waals surface area contributed by atoms with E-state index < -0.39 is 0 Å². The van der Waals surface area contributed by atoms with Gasteiger partial charge in [0.2, 0.25) is 0 Å². The van der Waals surface area contributed by atoms with E-state index in [0.29, 0.717) is 11.5 Å². The van der Waals surface area contributed by atoms with Crippen molar-refractivity contribution in [3.63, 3.8) is 0 Å². The van der Waals surface area contributed by atoms with Crippen molar-refractivity contribution in [3.05, 3.63) is 46.3 Å². The third-order valence-electron chi connectivity index (χ3n) is 2.80. The molecule has 0 fully saturated rings. The minimum absolute atomic E-state index is 0.138. The van der Waals surface area contributed by atoms with Crippen LogP contribution < -0.4 is 5.32 Å². The fourth-order valence-corrected chi connectivity index (χ4v) is 2.34. The number of pyridine rings is 1. The zero-order valence-electron chi connectivity index (χ0n) is 11.0. The van der Waals surface area contributed by atoms with Gasteiger partial charge in [-0.05, 0) is 47.0 Å². The second kappa shape index (κ2) is 6.02. The van der Waals surface area contributed by atoms with Gasteiger partial charge < -0.3 is 9.88 Å². The Hall–Kier alpha value is -1.62. The van der Waals surface area contributed by atoms with Gasteiger partial charge in [-0.25, -0.2) is 4.98 Å². The average Bonchev–Trinajstić information content (AvgIpc) is 2.74. The van der Waals surface area contributed by atoms with E-state index in [0.717, 1.165) is 23.0 Å². The zero-order chi connectivity index (χ0) is 13.8. The van der Waals surface area contributed by atoms with E-state index in [4.69, 9.17) is 0 Å². The van der Waals surface area contributed by atoms with Gasteiger partial charge in [0.1, 0.15) is 11.5 Å². The fourth-order valence-electron chi connectivity index (χ4n) is 1.88. The Balaban J connectivity index is 2.23. The summed E-state index contributed by atoms with van der Waals surface area (Å²) in [7, 11) is 0. The lowest BCUT2D eigenvalue weighted by atomic mass is 10.3. The van der Waals surface area contributed by atoms with Gasteiger partial charge in [-0.15, -0.1) is 0 Å². The van der Waals surface area contributed by atoms with Gasteiger partial charge in [0.05, 0.1) is 0 Å². The van der Waals surface area contributed by atoms with E-state index >= 15 is 0 Å². The van der Waals surface area contributed by atoms with Gasteiger partial charge in [0.15, 0.2) is 0 Å². The minimum Gasteiger partial charge on any atom is -0.342 e. The summed E-state index contributed by atoms with van der Waals surface area (Å²) < 4.78 is 2.85. The van der Waals surface area contributed by atoms with Gasteiger partial charge in [-0.3, -0.25) is 4.79 Å². The predicted octanol–water partition coefficient (Wildman–Crippen LogP) is 3.62. The number of hydrogen-bond acceptors (Lipinski definition) is 2. The summed E-state index contributed by atoms with van der Waals surface area (Å²) in [4.78, 5) is 16.5. The highest BCUT2D eigenvalue weighted by Gasteiger charge is 2.14. The standard InChI is InChI=1S/C14H16BrN3O/c1-3-7-18-9-11(15)8-12(18)14(19)17-13-10(2)5-4-6-16-13/h4-6,8-9H,3,7H2,1-2H3,(H,16,17,19). The number of halogens is 1. The molecule has 5 heteroatoms. The molecule has 0 saturated heterocycles. The van der Waals surface area contributed by atoms with Crippen LogP contribution in [0.4, 0.5) is 5.82 Å². The van der Waals surface area contributed by atoms with Gasteiger partial charge in [0, 0.05) is 23.4 Å². The highest BCUT2D eigenvalue weighted by molar-refractivity contribution is 9.10. The summed E-state index contributed by atoms with van der Waals surface area (Å²) in [5, 5.41) is 2.85. The number of amides is 1. The van der Waals surface area contributed by atoms with Crippen molar-refractivity contribution in [3.8, 4) is 0 Å². The number of carbonyl (C=O) groups excluding carboxylic acids is 1. The molecule has 0 spiro atoms. The van der Waals surface area contributed by atoms with Crippen molar-refractivity contribution in [2.45, 2.75) is 26.8 Å². The van der Waals surface area contributed by atoms with Crippen LogP contribution >= 0.6 is 15.9 Å². The molecule has 0 aliphatic rings. The van der Waals surface area contributed by atoms with Crippen molar-refractivity contribution in [2.24, 2.45) is 0 Å². The molecule has 2 rings (SSSR count). The van der Waals surface area contributed by atoms with E-state index in [-0.39, 0.29) is 5.91 Å². The van der Waals surface area contributed by atoms with Crippen LogP contribution in [0.1, 0.15) is 29.4 Å². The summed E-state index contributed by atoms with van der Waals surface area (Å²) in [5.74, 6) is 0.467. The van der Waals surface area contributed by atoms with Crippen LogP contribution in [0.25, 0.3) is 0 Å². The van der Waals surface area contributed by atoms with Crippen LogP contribution in [0.2, 0.25) is 0 Å². The van der Waals surface area contributed by atoms with Crippen LogP contribution in [-0.4, -0.2) is 15.5 Å². The first-order valence-corrected chi connectivity index (χ1v) is 6.99. The lowest BCUT2D eigenvalue weighted by molar-refractivity contribution is 0.101. The molecule has 0 unspecified atom stereocenters. The SMILES string of the molecule is CCCn1cc(Br)cc1C(=O)Nc1ncccc1C. The Bertz CT molecular complexity index is 592. The molecule has 2 aromatic rings. The molecular formula is C14H16BrN3O. The Morgan fingerprint density at radius 1 is 1.53 bits per heavy atom. The number of hydrogen-bond donors (Lipinski definition) is 1. The van der Waals surface area contributed by atoms with Crippen molar-refractivity contribution < 1.29 is 4.79 Å². The molecule has 0 radical (unpaired) electrons. The second-order valence-corrected chi connectivity index (χ2v) is 5.28. The normalized spacial score (nSPS) is 10.5. The van der Waals surface area contributed by atoms with Crippen LogP contribution in [0.5, 0.6) is 0 Å². The van der Waals surface area contributed by atoms with Gasteiger partial charge >= 0.3 is 0 Å². The summed E-state index contributed by atoms with van der Waals surface area (Å²) in [6.45, 7) is 4.82. The van der Waals surface area contributed by atoms with Gasteiger partial charge in [-0.1, -0.05) is 13.0 Å². The van der Waals surface area contributed by atoms with Crippen molar-refractivity contribution in [1.29, 1.82) is 0 Å². The second-order valence-electron chi connectivity index (χ2n) is 4.36. The topological polar surface area (TPSA) is 46.9 Å². The third-order valence-corrected chi connectivity index (χ3v) is 3.24. The first-order valence-electron chi connectivity index (χ1n) is 6.20. The highest BCUT2D eigenvalue weighted by Crippen LogP contribution is 2.17. The highest BCUT2D eigenvalue weighted by atomic mass is 79.9. The molecule has 1 amide bonds. The summed E-state index contributed by atoms with van der Waals surface area (Å²) in [5.41, 5.74) is 1.59. The zero-order valence-corrected chi connectivity index (χ0v) is 12.6. The molecule has 100 valence electrons. The quantitative estimate of drug-likeness (QED) is 0.934. The van der Waals surface area contributed by atoms with Gasteiger partial charge in [0.25, 0.3) is 5.91 Å². The Kier molecular flexibility index (Phi) is 4.37. The van der Waals surface area contributed by atoms with E-state index in [9.17, 15) is 4.79 Å². The van der Waals surface area contributed by atoms with Gasteiger partial charge in [-0.2, -0.15) is 0 Å². The molecule has 4 nitrogen and oxygen atoms in total. The number of aryl methyl sites for hydroxylation is 2. The van der Waals surface area contributed by atoms with E-state index in [1.54, 1.807) is 6.20 Å². The number of carbonyl (C=O) groups is 1. The van der Waals surface area contributed by atoms with E-state index in [1.165, 1.54) is 0 Å². The van der Waals surface area contributed by atoms with E-state index in [1.807, 2.05) is 35.9 Å². The molecule has 2 heterocycles. The number of aromatic nitrogens is 2. The minimum atomic E-state index is -0.138. The molecule has 0 aliphatic carbocycles. The molecule has 0 aromatic carbocycles. The maximum Gasteiger partial charge on any atom is 0.273 e. The molecule has 19 heavy (non-hydrogen) atoms. The maximum atomic E-state index is 12.3. The number of rotatable bonds is 4. The summed E-state index contributed by atoms with van der Waals surface area (Å²) in [6, 6.07) is 5.59. The van der Waals surface area contributed by atoms with Crippen molar-refractivity contribution >= 4 is 27.7 Å². The molecule has 0 bridgehead atoms. The first-order chi connectivity index (χ1) is 9.11. The average molecular weight is 322 g/mol. The summed E-state index contributed by atoms with van der Waals surface area (Å²) in [6.07, 6.45) is 4.57.